The predicted molar refractivity (Wildman–Crippen MR) is 297 cm³/mol. The molecule has 0 spiro atoms. The van der Waals surface area contributed by atoms with E-state index in [-0.39, 0.29) is 25.2 Å². The largest absolute Gasteiger partial charge is 0.462 e. The SMILES string of the molecule is CC/C=C\C/C=C\C/C=C\C/C=C\CCCCCCC(=O)OC(CO)COC(=O)CCCCCCCCCCCCCCCCCCCCCCCCCCC/C=C\CCCCCCCCCC. The van der Waals surface area contributed by atoms with Crippen LogP contribution in [-0.4, -0.2) is 36.4 Å². The van der Waals surface area contributed by atoms with Crippen molar-refractivity contribution in [1.82, 2.24) is 0 Å². The molecule has 0 aliphatic heterocycles. The van der Waals surface area contributed by atoms with Crippen LogP contribution in [-0.2, 0) is 19.1 Å². The van der Waals surface area contributed by atoms with Crippen LogP contribution >= 0.6 is 0 Å². The van der Waals surface area contributed by atoms with Crippen molar-refractivity contribution in [3.63, 3.8) is 0 Å². The summed E-state index contributed by atoms with van der Waals surface area (Å²) in [6.07, 6.45) is 79.5. The van der Waals surface area contributed by atoms with E-state index in [0.29, 0.717) is 12.8 Å². The zero-order chi connectivity index (χ0) is 49.2. The molecule has 5 heteroatoms. The Morgan fingerprint density at radius 2 is 0.632 bits per heavy atom. The van der Waals surface area contributed by atoms with E-state index in [9.17, 15) is 14.7 Å². The molecule has 0 rings (SSSR count). The first-order valence-corrected chi connectivity index (χ1v) is 29.8. The lowest BCUT2D eigenvalue weighted by Gasteiger charge is -2.15. The second kappa shape index (κ2) is 58.9. The number of ether oxygens (including phenoxy) is 2. The molecule has 0 aromatic heterocycles. The molecular formula is C63H114O5. The van der Waals surface area contributed by atoms with Gasteiger partial charge in [-0.1, -0.05) is 280 Å². The van der Waals surface area contributed by atoms with Crippen molar-refractivity contribution in [3.8, 4) is 0 Å². The molecule has 0 aliphatic carbocycles. The van der Waals surface area contributed by atoms with Gasteiger partial charge in [0.25, 0.3) is 0 Å². The molecule has 396 valence electrons. The van der Waals surface area contributed by atoms with Crippen molar-refractivity contribution in [2.45, 2.75) is 315 Å². The number of rotatable bonds is 55. The minimum atomic E-state index is -0.786. The highest BCUT2D eigenvalue weighted by Crippen LogP contribution is 2.17. The van der Waals surface area contributed by atoms with Crippen LogP contribution in [0.2, 0.25) is 0 Å². The highest BCUT2D eigenvalue weighted by atomic mass is 16.6. The van der Waals surface area contributed by atoms with Crippen molar-refractivity contribution in [2.24, 2.45) is 0 Å². The van der Waals surface area contributed by atoms with Crippen LogP contribution in [0.1, 0.15) is 309 Å². The maximum absolute atomic E-state index is 12.3. The first-order chi connectivity index (χ1) is 33.6. The second-order valence-corrected chi connectivity index (χ2v) is 20.0. The van der Waals surface area contributed by atoms with E-state index in [1.807, 2.05) is 0 Å². The third-order valence-corrected chi connectivity index (χ3v) is 13.3. The summed E-state index contributed by atoms with van der Waals surface area (Å²) in [6, 6.07) is 0. The summed E-state index contributed by atoms with van der Waals surface area (Å²) in [5, 5.41) is 9.63. The van der Waals surface area contributed by atoms with Gasteiger partial charge in [-0.15, -0.1) is 0 Å². The van der Waals surface area contributed by atoms with Gasteiger partial charge in [-0.2, -0.15) is 0 Å². The minimum Gasteiger partial charge on any atom is -0.462 e. The minimum absolute atomic E-state index is 0.0748. The van der Waals surface area contributed by atoms with Gasteiger partial charge in [0.05, 0.1) is 6.61 Å². The monoisotopic (exact) mass is 951 g/mol. The molecule has 0 aromatic carbocycles. The van der Waals surface area contributed by atoms with Crippen molar-refractivity contribution in [3.05, 3.63) is 60.8 Å². The molecule has 0 amide bonds. The Kier molecular flexibility index (Phi) is 56.8. The molecule has 0 fully saturated rings. The zero-order valence-corrected chi connectivity index (χ0v) is 45.4. The van der Waals surface area contributed by atoms with Gasteiger partial charge in [0, 0.05) is 12.8 Å². The highest BCUT2D eigenvalue weighted by molar-refractivity contribution is 5.70. The van der Waals surface area contributed by atoms with Crippen LogP contribution in [0.4, 0.5) is 0 Å². The Bertz CT molecular complexity index is 1170. The molecule has 0 aliphatic rings. The standard InChI is InChI=1S/C63H114O5/c1-3-5-7-9-11-13-15-17-19-21-22-23-24-25-26-27-28-29-30-31-32-33-34-35-36-37-38-39-40-42-43-45-47-49-51-53-55-57-62(65)67-60-61(59-64)68-63(66)58-56-54-52-50-48-46-44-41-20-18-16-14-12-10-8-6-4-2/h6,8,12,14,18,20-22,44,46,61,64H,3-5,7,9-11,13,15-17,19,23-43,45,47-60H2,1-2H3/b8-6-,14-12-,20-18-,22-21-,46-44-. The Morgan fingerprint density at radius 3 is 0.971 bits per heavy atom. The lowest BCUT2D eigenvalue weighted by atomic mass is 10.0. The maximum Gasteiger partial charge on any atom is 0.306 e. The van der Waals surface area contributed by atoms with Crippen molar-refractivity contribution < 1.29 is 24.2 Å². The molecule has 68 heavy (non-hydrogen) atoms. The third-order valence-electron chi connectivity index (χ3n) is 13.3. The van der Waals surface area contributed by atoms with E-state index in [4.69, 9.17) is 9.47 Å². The molecule has 0 radical (unpaired) electrons. The Labute approximate surface area is 423 Å². The van der Waals surface area contributed by atoms with Crippen LogP contribution in [0, 0.1) is 0 Å². The number of allylic oxidation sites excluding steroid dienone is 10. The van der Waals surface area contributed by atoms with Crippen LogP contribution in [0.5, 0.6) is 0 Å². The fraction of sp³-hybridized carbons (Fsp3) is 0.810. The predicted octanol–water partition coefficient (Wildman–Crippen LogP) is 20.2. The van der Waals surface area contributed by atoms with Gasteiger partial charge in [-0.05, 0) is 77.0 Å². The summed E-state index contributed by atoms with van der Waals surface area (Å²) < 4.78 is 10.7. The van der Waals surface area contributed by atoms with E-state index >= 15 is 0 Å². The Hall–Kier alpha value is -2.40. The lowest BCUT2D eigenvalue weighted by Crippen LogP contribution is -2.28. The fourth-order valence-corrected chi connectivity index (χ4v) is 8.84. The fourth-order valence-electron chi connectivity index (χ4n) is 8.84. The maximum atomic E-state index is 12.3. The number of aliphatic hydroxyl groups is 1. The van der Waals surface area contributed by atoms with Crippen LogP contribution in [0.15, 0.2) is 60.8 Å². The number of hydrogen-bond acceptors (Lipinski definition) is 5. The van der Waals surface area contributed by atoms with Gasteiger partial charge in [-0.25, -0.2) is 0 Å². The van der Waals surface area contributed by atoms with Gasteiger partial charge in [-0.3, -0.25) is 9.59 Å². The van der Waals surface area contributed by atoms with Gasteiger partial charge >= 0.3 is 11.9 Å². The summed E-state index contributed by atoms with van der Waals surface area (Å²) in [5.74, 6) is -0.608. The topological polar surface area (TPSA) is 72.8 Å². The summed E-state index contributed by atoms with van der Waals surface area (Å²) in [4.78, 5) is 24.5. The van der Waals surface area contributed by atoms with Gasteiger partial charge in [0.1, 0.15) is 6.61 Å². The van der Waals surface area contributed by atoms with E-state index in [1.165, 1.54) is 205 Å². The average molecular weight is 952 g/mol. The number of unbranched alkanes of at least 4 members (excludes halogenated alkanes) is 37. The first kappa shape index (κ1) is 65.6. The summed E-state index contributed by atoms with van der Waals surface area (Å²) >= 11 is 0. The molecule has 0 saturated carbocycles. The summed E-state index contributed by atoms with van der Waals surface area (Å²) in [5.41, 5.74) is 0. The number of carbonyl (C=O) groups excluding carboxylic acids is 2. The van der Waals surface area contributed by atoms with Crippen molar-refractivity contribution in [2.75, 3.05) is 13.2 Å². The summed E-state index contributed by atoms with van der Waals surface area (Å²) in [6.45, 7) is 4.03. The number of aliphatic hydroxyl groups excluding tert-OH is 1. The summed E-state index contributed by atoms with van der Waals surface area (Å²) in [7, 11) is 0. The molecule has 0 heterocycles. The second-order valence-electron chi connectivity index (χ2n) is 20.0. The molecule has 0 bridgehead atoms. The van der Waals surface area contributed by atoms with Gasteiger partial charge in [0.15, 0.2) is 6.10 Å². The molecule has 1 atom stereocenters. The quantitative estimate of drug-likeness (QED) is 0.0374. The van der Waals surface area contributed by atoms with Crippen LogP contribution in [0.3, 0.4) is 0 Å². The van der Waals surface area contributed by atoms with E-state index in [1.54, 1.807) is 0 Å². The van der Waals surface area contributed by atoms with Crippen LogP contribution < -0.4 is 0 Å². The zero-order valence-electron chi connectivity index (χ0n) is 45.4. The smallest absolute Gasteiger partial charge is 0.306 e. The van der Waals surface area contributed by atoms with Crippen LogP contribution in [0.25, 0.3) is 0 Å². The first-order valence-electron chi connectivity index (χ1n) is 29.8. The highest BCUT2D eigenvalue weighted by Gasteiger charge is 2.16. The molecule has 0 aromatic rings. The van der Waals surface area contributed by atoms with E-state index in [2.05, 4.69) is 74.6 Å². The molecular weight excluding hydrogens is 837 g/mol. The normalized spacial score (nSPS) is 12.6. The van der Waals surface area contributed by atoms with Crippen molar-refractivity contribution >= 4 is 11.9 Å². The Balaban J connectivity index is 3.40. The number of esters is 2. The van der Waals surface area contributed by atoms with Gasteiger partial charge in [0.2, 0.25) is 0 Å². The lowest BCUT2D eigenvalue weighted by molar-refractivity contribution is -0.161. The Morgan fingerprint density at radius 1 is 0.353 bits per heavy atom. The van der Waals surface area contributed by atoms with E-state index in [0.717, 1.165) is 77.0 Å². The molecule has 5 nitrogen and oxygen atoms in total. The van der Waals surface area contributed by atoms with Crippen molar-refractivity contribution in [1.29, 1.82) is 0 Å². The number of hydrogen-bond donors (Lipinski definition) is 1. The molecule has 1 unspecified atom stereocenters. The number of carbonyl (C=O) groups is 2. The van der Waals surface area contributed by atoms with Gasteiger partial charge < -0.3 is 14.6 Å². The third kappa shape index (κ3) is 56.2. The van der Waals surface area contributed by atoms with E-state index < -0.39 is 6.10 Å². The average Bonchev–Trinajstić information content (AvgIpc) is 3.34. The molecule has 1 N–H and O–H groups in total. The molecule has 0 saturated heterocycles.